The quantitative estimate of drug-likeness (QED) is 0.135. The van der Waals surface area contributed by atoms with Gasteiger partial charge in [-0.3, -0.25) is 14.5 Å². The van der Waals surface area contributed by atoms with Gasteiger partial charge in [0.05, 0.1) is 6.54 Å². The largest absolute Gasteiger partial charge is 0.488 e. The highest BCUT2D eigenvalue weighted by Gasteiger charge is 2.21. The van der Waals surface area contributed by atoms with Crippen molar-refractivity contribution in [1.29, 1.82) is 0 Å². The topological polar surface area (TPSA) is 116 Å². The standard InChI is InChI=1S/C27H25BIN3O4/c29-24-7-3-5-21-25(31-15-20-4-1-2-6-23(20)28(35)36)13-12-22(26(21)24)27(34)32(17-33)16-19-10-8-18(14-30)9-11-19/h1-13,17,31,35-36H,14-16,30H2. The number of amides is 2. The first-order chi connectivity index (χ1) is 17.4. The average molecular weight is 593 g/mol. The molecule has 0 saturated heterocycles. The second kappa shape index (κ2) is 11.7. The number of nitrogens with two attached hydrogens (primary N) is 1. The van der Waals surface area contributed by atoms with Crippen LogP contribution in [0.1, 0.15) is 27.0 Å². The monoisotopic (exact) mass is 593 g/mol. The Hall–Kier alpha value is -3.25. The molecule has 9 heteroatoms. The fraction of sp³-hybridized carbons (Fsp3) is 0.111. The van der Waals surface area contributed by atoms with E-state index >= 15 is 0 Å². The third-order valence-electron chi connectivity index (χ3n) is 6.02. The number of carbonyl (C=O) groups is 2. The van der Waals surface area contributed by atoms with E-state index in [4.69, 9.17) is 5.73 Å². The number of halogens is 1. The van der Waals surface area contributed by atoms with Gasteiger partial charge in [0.2, 0.25) is 6.41 Å². The molecule has 0 saturated carbocycles. The minimum absolute atomic E-state index is 0.151. The molecule has 4 aromatic carbocycles. The molecule has 36 heavy (non-hydrogen) atoms. The molecule has 5 N–H and O–H groups in total. The third kappa shape index (κ3) is 5.60. The molecule has 0 atom stereocenters. The van der Waals surface area contributed by atoms with Gasteiger partial charge in [-0.15, -0.1) is 0 Å². The van der Waals surface area contributed by atoms with Crippen LogP contribution in [0.3, 0.4) is 0 Å². The second-order valence-corrected chi connectivity index (χ2v) is 9.47. The number of benzene rings is 4. The van der Waals surface area contributed by atoms with E-state index in [0.29, 0.717) is 30.5 Å². The molecule has 4 rings (SSSR count). The molecule has 0 fully saturated rings. The predicted octanol–water partition coefficient (Wildman–Crippen LogP) is 2.99. The Kier molecular flexibility index (Phi) is 8.37. The van der Waals surface area contributed by atoms with Crippen molar-refractivity contribution in [3.05, 3.63) is 105 Å². The van der Waals surface area contributed by atoms with E-state index in [9.17, 15) is 19.6 Å². The summed E-state index contributed by atoms with van der Waals surface area (Å²) in [5.74, 6) is -0.387. The lowest BCUT2D eigenvalue weighted by Gasteiger charge is -2.19. The molecular weight excluding hydrogens is 568 g/mol. The van der Waals surface area contributed by atoms with Crippen LogP contribution in [0.2, 0.25) is 0 Å². The van der Waals surface area contributed by atoms with E-state index in [0.717, 1.165) is 36.7 Å². The van der Waals surface area contributed by atoms with Crippen molar-refractivity contribution in [2.75, 3.05) is 5.32 Å². The molecule has 4 aromatic rings. The molecule has 0 heterocycles. The maximum absolute atomic E-state index is 13.5. The summed E-state index contributed by atoms with van der Waals surface area (Å²) >= 11 is 2.19. The molecule has 0 bridgehead atoms. The minimum atomic E-state index is -1.57. The number of nitrogens with one attached hydrogen (secondary N) is 1. The Bertz CT molecular complexity index is 1400. The van der Waals surface area contributed by atoms with Crippen LogP contribution >= 0.6 is 22.6 Å². The van der Waals surface area contributed by atoms with Crippen LogP contribution < -0.4 is 16.5 Å². The number of imide groups is 1. The van der Waals surface area contributed by atoms with Gasteiger partial charge in [0.15, 0.2) is 0 Å². The first kappa shape index (κ1) is 25.8. The van der Waals surface area contributed by atoms with E-state index in [-0.39, 0.29) is 12.5 Å². The van der Waals surface area contributed by atoms with Gasteiger partial charge >= 0.3 is 7.12 Å². The smallest absolute Gasteiger partial charge is 0.423 e. The summed E-state index contributed by atoms with van der Waals surface area (Å²) in [4.78, 5) is 26.6. The Balaban J connectivity index is 1.65. The third-order valence-corrected chi connectivity index (χ3v) is 6.92. The minimum Gasteiger partial charge on any atom is -0.423 e. The molecule has 182 valence electrons. The van der Waals surface area contributed by atoms with Gasteiger partial charge in [0.25, 0.3) is 5.91 Å². The predicted molar refractivity (Wildman–Crippen MR) is 151 cm³/mol. The lowest BCUT2D eigenvalue weighted by molar-refractivity contribution is -0.116. The Morgan fingerprint density at radius 2 is 1.69 bits per heavy atom. The van der Waals surface area contributed by atoms with Gasteiger partial charge in [0.1, 0.15) is 0 Å². The van der Waals surface area contributed by atoms with Crippen LogP contribution in [-0.4, -0.2) is 34.4 Å². The molecule has 0 aliphatic rings. The first-order valence-corrected chi connectivity index (χ1v) is 12.4. The summed E-state index contributed by atoms with van der Waals surface area (Å²) in [5, 5.41) is 24.3. The lowest BCUT2D eigenvalue weighted by Crippen LogP contribution is -2.33. The highest BCUT2D eigenvalue weighted by atomic mass is 127. The molecular formula is C27H25BIN3O4. The molecule has 0 spiro atoms. The zero-order chi connectivity index (χ0) is 25.7. The zero-order valence-electron chi connectivity index (χ0n) is 19.4. The van der Waals surface area contributed by atoms with Crippen LogP contribution in [0.4, 0.5) is 5.69 Å². The Morgan fingerprint density at radius 1 is 0.972 bits per heavy atom. The van der Waals surface area contributed by atoms with Crippen molar-refractivity contribution in [2.24, 2.45) is 5.73 Å². The van der Waals surface area contributed by atoms with Gasteiger partial charge in [0, 0.05) is 38.7 Å². The van der Waals surface area contributed by atoms with Gasteiger partial charge in [-0.2, -0.15) is 0 Å². The number of hydrogen-bond donors (Lipinski definition) is 4. The van der Waals surface area contributed by atoms with Gasteiger partial charge < -0.3 is 21.1 Å². The second-order valence-electron chi connectivity index (χ2n) is 8.31. The normalized spacial score (nSPS) is 10.8. The summed E-state index contributed by atoms with van der Waals surface area (Å²) in [6, 6.07) is 23.8. The number of hydrogen-bond acceptors (Lipinski definition) is 6. The van der Waals surface area contributed by atoms with Crippen LogP contribution in [0, 0.1) is 3.57 Å². The summed E-state index contributed by atoms with van der Waals surface area (Å²) in [6.07, 6.45) is 0.560. The van der Waals surface area contributed by atoms with Crippen LogP contribution in [-0.2, 0) is 24.4 Å². The van der Waals surface area contributed by atoms with E-state index in [2.05, 4.69) is 27.9 Å². The van der Waals surface area contributed by atoms with E-state index in [1.54, 1.807) is 18.2 Å². The number of carbonyl (C=O) groups excluding carboxylic acids is 2. The van der Waals surface area contributed by atoms with Crippen molar-refractivity contribution >= 4 is 63.9 Å². The van der Waals surface area contributed by atoms with Crippen LogP contribution in [0.25, 0.3) is 10.8 Å². The fourth-order valence-electron chi connectivity index (χ4n) is 4.12. The molecule has 0 radical (unpaired) electrons. The molecule has 0 aliphatic carbocycles. The highest BCUT2D eigenvalue weighted by Crippen LogP contribution is 2.32. The summed E-state index contributed by atoms with van der Waals surface area (Å²) < 4.78 is 0.876. The number of rotatable bonds is 9. The van der Waals surface area contributed by atoms with Crippen LogP contribution in [0.5, 0.6) is 0 Å². The number of fused-ring (bicyclic) bond motifs is 1. The number of anilines is 1. The number of nitrogens with zero attached hydrogens (tertiary/aromatic N) is 1. The molecule has 2 amide bonds. The maximum atomic E-state index is 13.5. The SMILES string of the molecule is NCc1ccc(CN(C=O)C(=O)c2ccc(NCc3ccccc3B(O)O)c3cccc(I)c23)cc1. The average Bonchev–Trinajstić information content (AvgIpc) is 2.90. The molecule has 7 nitrogen and oxygen atoms in total. The molecule has 0 aromatic heterocycles. The van der Waals surface area contributed by atoms with Crippen molar-refractivity contribution in [1.82, 2.24) is 4.90 Å². The zero-order valence-corrected chi connectivity index (χ0v) is 21.6. The van der Waals surface area contributed by atoms with Gasteiger partial charge in [-0.1, -0.05) is 60.7 Å². The summed E-state index contributed by atoms with van der Waals surface area (Å²) in [7, 11) is -1.57. The summed E-state index contributed by atoms with van der Waals surface area (Å²) in [5.41, 5.74) is 9.85. The summed E-state index contributed by atoms with van der Waals surface area (Å²) in [6.45, 7) is 0.937. The van der Waals surface area contributed by atoms with Crippen molar-refractivity contribution in [3.63, 3.8) is 0 Å². The Labute approximate surface area is 223 Å². The fourth-order valence-corrected chi connectivity index (χ4v) is 4.91. The highest BCUT2D eigenvalue weighted by molar-refractivity contribution is 14.1. The maximum Gasteiger partial charge on any atom is 0.488 e. The van der Waals surface area contributed by atoms with Crippen molar-refractivity contribution in [3.8, 4) is 0 Å². The molecule has 0 unspecified atom stereocenters. The van der Waals surface area contributed by atoms with Crippen molar-refractivity contribution < 1.29 is 19.6 Å². The van der Waals surface area contributed by atoms with Gasteiger partial charge in [-0.05, 0) is 62.9 Å². The van der Waals surface area contributed by atoms with E-state index < -0.39 is 7.12 Å². The molecule has 0 aliphatic heterocycles. The van der Waals surface area contributed by atoms with Gasteiger partial charge in [-0.25, -0.2) is 0 Å². The van der Waals surface area contributed by atoms with E-state index in [1.807, 2.05) is 60.7 Å². The van der Waals surface area contributed by atoms with Crippen LogP contribution in [0.15, 0.2) is 78.9 Å². The van der Waals surface area contributed by atoms with E-state index in [1.165, 1.54) is 4.90 Å². The first-order valence-electron chi connectivity index (χ1n) is 11.4. The Morgan fingerprint density at radius 3 is 2.39 bits per heavy atom. The van der Waals surface area contributed by atoms with Crippen molar-refractivity contribution in [2.45, 2.75) is 19.6 Å². The lowest BCUT2D eigenvalue weighted by atomic mass is 9.77.